The molecule has 0 spiro atoms. The number of likely N-dealkylation sites (tertiary alicyclic amines) is 1. The first kappa shape index (κ1) is 23.6. The van der Waals surface area contributed by atoms with E-state index in [-0.39, 0.29) is 5.57 Å². The van der Waals surface area contributed by atoms with E-state index in [1.165, 1.54) is 31.9 Å². The number of furan rings is 1. The molecule has 1 fully saturated rings. The molecule has 1 saturated heterocycles. The first-order chi connectivity index (χ1) is 16.5. The highest BCUT2D eigenvalue weighted by atomic mass is 16.5. The number of aliphatic hydroxyl groups excluding tert-OH is 1. The molecular weight excluding hydrogens is 436 g/mol. The molecule has 1 aromatic carbocycles. The van der Waals surface area contributed by atoms with Crippen molar-refractivity contribution in [3.05, 3.63) is 65.3 Å². The lowest BCUT2D eigenvalue weighted by molar-refractivity contribution is -0.129. The molecular formula is C26H30N2O6. The minimum Gasteiger partial charge on any atom is -0.503 e. The number of hydrogen-bond donors (Lipinski definition) is 1. The SMILES string of the molecule is COc1ccc(C2C(C(=O)/C=C/c3ccco3)=C(O)C(=O)N2CCN2CCCCC2)cc1OC. The van der Waals surface area contributed by atoms with Crippen LogP contribution in [-0.4, -0.2) is 67.0 Å². The maximum atomic E-state index is 13.2. The number of methoxy groups -OCH3 is 2. The zero-order valence-electron chi connectivity index (χ0n) is 19.5. The van der Waals surface area contributed by atoms with Crippen LogP contribution in [0.4, 0.5) is 0 Å². The third kappa shape index (κ3) is 4.87. The van der Waals surface area contributed by atoms with Gasteiger partial charge in [0, 0.05) is 13.1 Å². The number of carbonyl (C=O) groups is 2. The van der Waals surface area contributed by atoms with Crippen LogP contribution in [0.5, 0.6) is 11.5 Å². The predicted octanol–water partition coefficient (Wildman–Crippen LogP) is 3.76. The normalized spacial score (nSPS) is 19.3. The molecule has 2 aromatic rings. The van der Waals surface area contributed by atoms with Crippen molar-refractivity contribution in [1.29, 1.82) is 0 Å². The quantitative estimate of drug-likeness (QED) is 0.563. The summed E-state index contributed by atoms with van der Waals surface area (Å²) in [5, 5.41) is 10.8. The summed E-state index contributed by atoms with van der Waals surface area (Å²) < 4.78 is 16.0. The van der Waals surface area contributed by atoms with Crippen LogP contribution >= 0.6 is 0 Å². The third-order valence-electron chi connectivity index (χ3n) is 6.34. The van der Waals surface area contributed by atoms with Crippen LogP contribution in [-0.2, 0) is 9.59 Å². The Kier molecular flexibility index (Phi) is 7.37. The second kappa shape index (κ2) is 10.6. The lowest BCUT2D eigenvalue weighted by atomic mass is 9.95. The molecule has 1 N–H and O–H groups in total. The lowest BCUT2D eigenvalue weighted by Crippen LogP contribution is -2.40. The summed E-state index contributed by atoms with van der Waals surface area (Å²) in [4.78, 5) is 30.2. The highest BCUT2D eigenvalue weighted by molar-refractivity contribution is 6.14. The average Bonchev–Trinajstić information content (AvgIpc) is 3.48. The lowest BCUT2D eigenvalue weighted by Gasteiger charge is -2.31. The van der Waals surface area contributed by atoms with Gasteiger partial charge in [-0.25, -0.2) is 0 Å². The molecule has 1 aromatic heterocycles. The van der Waals surface area contributed by atoms with E-state index >= 15 is 0 Å². The third-order valence-corrected chi connectivity index (χ3v) is 6.34. The van der Waals surface area contributed by atoms with Crippen molar-refractivity contribution in [2.45, 2.75) is 25.3 Å². The van der Waals surface area contributed by atoms with Gasteiger partial charge >= 0.3 is 0 Å². The summed E-state index contributed by atoms with van der Waals surface area (Å²) >= 11 is 0. The van der Waals surface area contributed by atoms with E-state index in [1.807, 2.05) is 0 Å². The van der Waals surface area contributed by atoms with Crippen LogP contribution in [0, 0.1) is 0 Å². The van der Waals surface area contributed by atoms with Crippen LogP contribution in [0.2, 0.25) is 0 Å². The fraction of sp³-hybridized carbons (Fsp3) is 0.385. The molecule has 0 saturated carbocycles. The smallest absolute Gasteiger partial charge is 0.290 e. The number of aliphatic hydroxyl groups is 1. The molecule has 2 aliphatic rings. The maximum Gasteiger partial charge on any atom is 0.290 e. The molecule has 0 radical (unpaired) electrons. The standard InChI is InChI=1S/C26H30N2O6/c1-32-21-11-8-18(17-22(21)33-2)24-23(20(29)10-9-19-7-6-16-34-19)25(30)26(31)28(24)15-14-27-12-4-3-5-13-27/h6-11,16-17,24,30H,3-5,12-15H2,1-2H3/b10-9+. The maximum absolute atomic E-state index is 13.2. The van der Waals surface area contributed by atoms with Gasteiger partial charge in [0.2, 0.25) is 0 Å². The number of rotatable bonds is 9. The molecule has 2 aliphatic heterocycles. The van der Waals surface area contributed by atoms with Crippen molar-refractivity contribution in [2.24, 2.45) is 0 Å². The van der Waals surface area contributed by atoms with Crippen LogP contribution < -0.4 is 9.47 Å². The number of amides is 1. The summed E-state index contributed by atoms with van der Waals surface area (Å²) in [6, 6.07) is 7.95. The number of allylic oxidation sites excluding steroid dienone is 1. The molecule has 8 heteroatoms. The van der Waals surface area contributed by atoms with E-state index < -0.39 is 23.5 Å². The molecule has 34 heavy (non-hydrogen) atoms. The monoisotopic (exact) mass is 466 g/mol. The number of benzene rings is 1. The van der Waals surface area contributed by atoms with Crippen molar-refractivity contribution < 1.29 is 28.6 Å². The fourth-order valence-corrected chi connectivity index (χ4v) is 4.57. The van der Waals surface area contributed by atoms with E-state index in [4.69, 9.17) is 13.9 Å². The molecule has 180 valence electrons. The predicted molar refractivity (Wildman–Crippen MR) is 127 cm³/mol. The zero-order chi connectivity index (χ0) is 24.1. The van der Waals surface area contributed by atoms with Crippen LogP contribution in [0.15, 0.2) is 58.4 Å². The van der Waals surface area contributed by atoms with Gasteiger partial charge in [-0.15, -0.1) is 0 Å². The van der Waals surface area contributed by atoms with E-state index in [2.05, 4.69) is 4.90 Å². The number of hydrogen-bond acceptors (Lipinski definition) is 7. The first-order valence-electron chi connectivity index (χ1n) is 11.5. The number of ketones is 1. The van der Waals surface area contributed by atoms with Gasteiger partial charge in [-0.1, -0.05) is 12.5 Å². The molecule has 1 unspecified atom stereocenters. The summed E-state index contributed by atoms with van der Waals surface area (Å²) in [6.07, 6.45) is 7.84. The Morgan fingerprint density at radius 3 is 2.56 bits per heavy atom. The van der Waals surface area contributed by atoms with E-state index in [0.717, 1.165) is 25.9 Å². The highest BCUT2D eigenvalue weighted by Gasteiger charge is 2.43. The first-order valence-corrected chi connectivity index (χ1v) is 11.5. The van der Waals surface area contributed by atoms with Gasteiger partial charge in [-0.2, -0.15) is 0 Å². The Balaban J connectivity index is 1.67. The molecule has 1 amide bonds. The van der Waals surface area contributed by atoms with Gasteiger partial charge in [-0.05, 0) is 67.9 Å². The number of carbonyl (C=O) groups excluding carboxylic acids is 2. The van der Waals surface area contributed by atoms with Gasteiger partial charge in [-0.3, -0.25) is 9.59 Å². The molecule has 1 atom stereocenters. The van der Waals surface area contributed by atoms with Crippen molar-refractivity contribution in [3.8, 4) is 11.5 Å². The van der Waals surface area contributed by atoms with Gasteiger partial charge in [0.05, 0.1) is 32.1 Å². The van der Waals surface area contributed by atoms with E-state index in [1.54, 1.807) is 42.3 Å². The Bertz CT molecular complexity index is 1080. The van der Waals surface area contributed by atoms with Crippen LogP contribution in [0.25, 0.3) is 6.08 Å². The Morgan fingerprint density at radius 1 is 1.12 bits per heavy atom. The van der Waals surface area contributed by atoms with Gasteiger partial charge in [0.25, 0.3) is 5.91 Å². The minimum atomic E-state index is -0.745. The second-order valence-corrected chi connectivity index (χ2v) is 8.39. The number of nitrogens with zero attached hydrogens (tertiary/aromatic N) is 2. The summed E-state index contributed by atoms with van der Waals surface area (Å²) in [5.74, 6) is -0.00839. The van der Waals surface area contributed by atoms with Crippen molar-refractivity contribution in [2.75, 3.05) is 40.4 Å². The summed E-state index contributed by atoms with van der Waals surface area (Å²) in [5.41, 5.74) is 0.696. The highest BCUT2D eigenvalue weighted by Crippen LogP contribution is 2.41. The largest absolute Gasteiger partial charge is 0.503 e. The zero-order valence-corrected chi connectivity index (χ0v) is 19.5. The molecule has 0 aliphatic carbocycles. The van der Waals surface area contributed by atoms with Gasteiger partial charge in [0.1, 0.15) is 5.76 Å². The van der Waals surface area contributed by atoms with Gasteiger partial charge < -0.3 is 28.8 Å². The second-order valence-electron chi connectivity index (χ2n) is 8.39. The van der Waals surface area contributed by atoms with Crippen molar-refractivity contribution >= 4 is 17.8 Å². The molecule has 8 nitrogen and oxygen atoms in total. The molecule has 3 heterocycles. The number of piperidine rings is 1. The minimum absolute atomic E-state index is 0.0404. The average molecular weight is 467 g/mol. The molecule has 4 rings (SSSR count). The van der Waals surface area contributed by atoms with E-state index in [0.29, 0.717) is 35.9 Å². The van der Waals surface area contributed by atoms with Crippen molar-refractivity contribution in [1.82, 2.24) is 9.80 Å². The van der Waals surface area contributed by atoms with Crippen LogP contribution in [0.3, 0.4) is 0 Å². The topological polar surface area (TPSA) is 92.5 Å². The van der Waals surface area contributed by atoms with Crippen molar-refractivity contribution in [3.63, 3.8) is 0 Å². The molecule has 0 bridgehead atoms. The number of ether oxygens (including phenoxy) is 2. The van der Waals surface area contributed by atoms with Crippen LogP contribution in [0.1, 0.15) is 36.6 Å². The summed E-state index contributed by atoms with van der Waals surface area (Å²) in [6.45, 7) is 3.04. The fourth-order valence-electron chi connectivity index (χ4n) is 4.57. The Labute approximate surface area is 199 Å². The Morgan fingerprint density at radius 2 is 1.88 bits per heavy atom. The summed E-state index contributed by atoms with van der Waals surface area (Å²) in [7, 11) is 3.07. The van der Waals surface area contributed by atoms with Gasteiger partial charge in [0.15, 0.2) is 23.0 Å². The van der Waals surface area contributed by atoms with E-state index in [9.17, 15) is 14.7 Å². The Hall–Kier alpha value is -3.52.